The van der Waals surface area contributed by atoms with Gasteiger partial charge in [0.05, 0.1) is 5.03 Å². The number of nitrogens with two attached hydrogens (primary N) is 1. The molecule has 2 aromatic carbocycles. The third kappa shape index (κ3) is 5.69. The maximum atomic E-state index is 12.8. The molecule has 0 bridgehead atoms. The van der Waals surface area contributed by atoms with Gasteiger partial charge in [-0.25, -0.2) is 4.98 Å². The van der Waals surface area contributed by atoms with Crippen molar-refractivity contribution < 1.29 is 9.53 Å². The Morgan fingerprint density at radius 1 is 1.11 bits per heavy atom. The number of anilines is 1. The second kappa shape index (κ2) is 10.5. The first-order valence-electron chi connectivity index (χ1n) is 12.1. The molecule has 35 heavy (non-hydrogen) atoms. The Morgan fingerprint density at radius 3 is 2.69 bits per heavy atom. The van der Waals surface area contributed by atoms with Gasteiger partial charge in [0.25, 0.3) is 5.91 Å². The first kappa shape index (κ1) is 23.5. The van der Waals surface area contributed by atoms with Gasteiger partial charge in [-0.2, -0.15) is 0 Å². The molecule has 2 aliphatic rings. The lowest BCUT2D eigenvalue weighted by Crippen LogP contribution is -2.34. The molecule has 6 nitrogen and oxygen atoms in total. The molecule has 4 N–H and O–H groups in total. The van der Waals surface area contributed by atoms with E-state index in [0.29, 0.717) is 17.3 Å². The Morgan fingerprint density at radius 2 is 1.91 bits per heavy atom. The number of rotatable bonds is 6. The van der Waals surface area contributed by atoms with Crippen LogP contribution in [-0.4, -0.2) is 30.1 Å². The Bertz CT molecular complexity index is 1280. The lowest BCUT2D eigenvalue weighted by atomic mass is 10.0. The molecule has 0 aliphatic carbocycles. The van der Waals surface area contributed by atoms with Crippen molar-refractivity contribution in [2.75, 3.05) is 18.4 Å². The highest BCUT2D eigenvalue weighted by Gasteiger charge is 2.16. The predicted octanol–water partition coefficient (Wildman–Crippen LogP) is 5.53. The summed E-state index contributed by atoms with van der Waals surface area (Å²) in [5.41, 5.74) is 7.83. The quantitative estimate of drug-likeness (QED) is 0.424. The smallest absolute Gasteiger partial charge is 0.256 e. The van der Waals surface area contributed by atoms with E-state index in [4.69, 9.17) is 10.5 Å². The van der Waals surface area contributed by atoms with Crippen LogP contribution >= 0.6 is 11.8 Å². The summed E-state index contributed by atoms with van der Waals surface area (Å²) in [6.07, 6.45) is 9.41. The zero-order chi connectivity index (χ0) is 24.2. The lowest BCUT2D eigenvalue weighted by molar-refractivity contribution is 0.102. The average molecular weight is 487 g/mol. The van der Waals surface area contributed by atoms with Crippen molar-refractivity contribution in [1.29, 1.82) is 0 Å². The number of allylic oxidation sites excluding steroid dienone is 2. The second-order valence-electron chi connectivity index (χ2n) is 8.95. The predicted molar refractivity (Wildman–Crippen MR) is 144 cm³/mol. The summed E-state index contributed by atoms with van der Waals surface area (Å²) in [6.45, 7) is 4.12. The van der Waals surface area contributed by atoms with Gasteiger partial charge < -0.3 is 21.1 Å². The van der Waals surface area contributed by atoms with Crippen molar-refractivity contribution in [1.82, 2.24) is 10.3 Å². The van der Waals surface area contributed by atoms with Gasteiger partial charge in [0.15, 0.2) is 0 Å². The van der Waals surface area contributed by atoms with E-state index in [2.05, 4.69) is 52.9 Å². The van der Waals surface area contributed by atoms with Gasteiger partial charge in [-0.3, -0.25) is 4.79 Å². The van der Waals surface area contributed by atoms with Gasteiger partial charge in [0.2, 0.25) is 0 Å². The van der Waals surface area contributed by atoms with Crippen LogP contribution in [0.3, 0.4) is 0 Å². The topological polar surface area (TPSA) is 89.3 Å². The Balaban J connectivity index is 1.29. The number of hydrogen-bond acceptors (Lipinski definition) is 6. The van der Waals surface area contributed by atoms with Gasteiger partial charge in [0, 0.05) is 22.1 Å². The molecule has 1 amide bonds. The monoisotopic (exact) mass is 486 g/mol. The van der Waals surface area contributed by atoms with Crippen LogP contribution in [-0.2, 0) is 0 Å². The summed E-state index contributed by atoms with van der Waals surface area (Å²) in [7, 11) is 0. The van der Waals surface area contributed by atoms with Gasteiger partial charge >= 0.3 is 0 Å². The molecule has 2 aliphatic heterocycles. The van der Waals surface area contributed by atoms with Crippen LogP contribution in [0.25, 0.3) is 15.7 Å². The first-order chi connectivity index (χ1) is 17.1. The molecule has 1 fully saturated rings. The third-order valence-electron chi connectivity index (χ3n) is 6.40. The Labute approximate surface area is 210 Å². The standard InChI is InChI=1S/C28H30N4O2S/c1-2-18-13-25(35-26(29)14-18)20-3-4-21-17-31-27(16-22(21)15-20)32-28(33)19-5-7-23(8-6-19)34-24-9-11-30-12-10-24/h3-8,13-18,24,30H,2,9-12,29H2,1H3,(H,31,32,33). The summed E-state index contributed by atoms with van der Waals surface area (Å²) in [5, 5.41) is 9.13. The summed E-state index contributed by atoms with van der Waals surface area (Å²) >= 11 is 1.59. The number of hydrogen-bond donors (Lipinski definition) is 3. The minimum atomic E-state index is -0.198. The molecule has 0 radical (unpaired) electrons. The van der Waals surface area contributed by atoms with Crippen LogP contribution in [0, 0.1) is 5.92 Å². The van der Waals surface area contributed by atoms with Crippen LogP contribution in [0.15, 0.2) is 71.9 Å². The molecular formula is C28H30N4O2S. The van der Waals surface area contributed by atoms with E-state index in [1.54, 1.807) is 30.1 Å². The molecule has 0 spiro atoms. The van der Waals surface area contributed by atoms with E-state index in [0.717, 1.165) is 64.4 Å². The third-order valence-corrected chi connectivity index (χ3v) is 7.36. The molecule has 0 saturated carbocycles. The minimum absolute atomic E-state index is 0.198. The van der Waals surface area contributed by atoms with E-state index in [1.165, 1.54) is 0 Å². The number of amides is 1. The highest BCUT2D eigenvalue weighted by atomic mass is 32.2. The summed E-state index contributed by atoms with van der Waals surface area (Å²) in [6, 6.07) is 15.5. The number of ether oxygens (including phenoxy) is 1. The highest BCUT2D eigenvalue weighted by molar-refractivity contribution is 8.11. The minimum Gasteiger partial charge on any atom is -0.490 e. The number of aromatic nitrogens is 1. The number of carbonyl (C=O) groups is 1. The fourth-order valence-corrected chi connectivity index (χ4v) is 5.37. The maximum Gasteiger partial charge on any atom is 0.256 e. The largest absolute Gasteiger partial charge is 0.490 e. The number of nitrogens with one attached hydrogen (secondary N) is 2. The average Bonchev–Trinajstić information content (AvgIpc) is 2.89. The van der Waals surface area contributed by atoms with Crippen LogP contribution in [0.5, 0.6) is 5.75 Å². The fourth-order valence-electron chi connectivity index (χ4n) is 4.38. The molecule has 180 valence electrons. The molecule has 1 unspecified atom stereocenters. The normalized spacial score (nSPS) is 18.6. The first-order valence-corrected chi connectivity index (χ1v) is 12.9. The van der Waals surface area contributed by atoms with Crippen molar-refractivity contribution in [3.8, 4) is 5.75 Å². The second-order valence-corrected chi connectivity index (χ2v) is 10.1. The van der Waals surface area contributed by atoms with Gasteiger partial charge in [0.1, 0.15) is 17.7 Å². The van der Waals surface area contributed by atoms with Crippen LogP contribution in [0.2, 0.25) is 0 Å². The number of nitrogens with zero attached hydrogens (tertiary/aromatic N) is 1. The number of thioether (sulfide) groups is 1. The SMILES string of the molecule is CCC1C=C(N)SC(c2ccc3cnc(NC(=O)c4ccc(OC5CCNCC5)cc4)cc3c2)=C1. The zero-order valence-electron chi connectivity index (χ0n) is 19.8. The van der Waals surface area contributed by atoms with Crippen molar-refractivity contribution in [2.24, 2.45) is 11.7 Å². The lowest BCUT2D eigenvalue weighted by Gasteiger charge is -2.23. The number of pyridine rings is 1. The van der Waals surface area contributed by atoms with Crippen molar-refractivity contribution in [3.63, 3.8) is 0 Å². The van der Waals surface area contributed by atoms with Crippen LogP contribution in [0.1, 0.15) is 42.1 Å². The molecule has 7 heteroatoms. The summed E-state index contributed by atoms with van der Waals surface area (Å²) in [4.78, 5) is 18.4. The molecule has 1 aromatic heterocycles. The van der Waals surface area contributed by atoms with Gasteiger partial charge in [-0.05, 0) is 91.7 Å². The Hall–Kier alpha value is -3.29. The molecule has 3 aromatic rings. The summed E-state index contributed by atoms with van der Waals surface area (Å²) < 4.78 is 6.04. The molecule has 5 rings (SSSR count). The maximum absolute atomic E-state index is 12.8. The Kier molecular flexibility index (Phi) is 7.06. The van der Waals surface area contributed by atoms with Crippen LogP contribution in [0.4, 0.5) is 5.82 Å². The van der Waals surface area contributed by atoms with Crippen molar-refractivity contribution in [3.05, 3.63) is 83.0 Å². The van der Waals surface area contributed by atoms with Gasteiger partial charge in [-0.1, -0.05) is 36.9 Å². The number of carbonyl (C=O) groups excluding carboxylic acids is 1. The van der Waals surface area contributed by atoms with E-state index in [-0.39, 0.29) is 12.0 Å². The van der Waals surface area contributed by atoms with Gasteiger partial charge in [-0.15, -0.1) is 0 Å². The van der Waals surface area contributed by atoms with E-state index in [1.807, 2.05) is 18.2 Å². The number of fused-ring (bicyclic) bond motifs is 1. The van der Waals surface area contributed by atoms with E-state index >= 15 is 0 Å². The van der Waals surface area contributed by atoms with E-state index in [9.17, 15) is 4.79 Å². The molecule has 1 saturated heterocycles. The summed E-state index contributed by atoms with van der Waals surface area (Å²) in [5.74, 6) is 1.47. The molecule has 1 atom stereocenters. The van der Waals surface area contributed by atoms with E-state index < -0.39 is 0 Å². The van der Waals surface area contributed by atoms with Crippen molar-refractivity contribution in [2.45, 2.75) is 32.3 Å². The fraction of sp³-hybridized carbons (Fsp3) is 0.286. The number of benzene rings is 2. The molecule has 3 heterocycles. The number of piperidine rings is 1. The highest BCUT2D eigenvalue weighted by Crippen LogP contribution is 2.38. The molecular weight excluding hydrogens is 456 g/mol. The van der Waals surface area contributed by atoms with Crippen LogP contribution < -0.4 is 21.1 Å². The van der Waals surface area contributed by atoms with Crippen molar-refractivity contribution >= 4 is 39.2 Å². The zero-order valence-corrected chi connectivity index (χ0v) is 20.6.